The summed E-state index contributed by atoms with van der Waals surface area (Å²) < 4.78 is 13.0. The first-order chi connectivity index (χ1) is 7.20. The summed E-state index contributed by atoms with van der Waals surface area (Å²) in [6.07, 6.45) is 0.698. The number of benzene rings is 1. The summed E-state index contributed by atoms with van der Waals surface area (Å²) in [6.45, 7) is 1.82. The molecule has 1 heterocycles. The van der Waals surface area contributed by atoms with Crippen molar-refractivity contribution in [3.63, 3.8) is 0 Å². The lowest BCUT2D eigenvalue weighted by Crippen LogP contribution is -1.84. The van der Waals surface area contributed by atoms with E-state index in [1.807, 2.05) is 6.92 Å². The van der Waals surface area contributed by atoms with E-state index in [1.165, 1.54) is 23.5 Å². The van der Waals surface area contributed by atoms with Crippen molar-refractivity contribution in [2.24, 2.45) is 0 Å². The van der Waals surface area contributed by atoms with Crippen LogP contribution in [0.4, 0.5) is 4.39 Å². The molecule has 0 amide bonds. The van der Waals surface area contributed by atoms with E-state index in [1.54, 1.807) is 12.1 Å². The third-order valence-corrected chi connectivity index (χ3v) is 2.99. The van der Waals surface area contributed by atoms with Crippen LogP contribution in [0.25, 0.3) is 10.4 Å². The molecule has 0 aliphatic rings. The van der Waals surface area contributed by atoms with Gasteiger partial charge in [0.25, 0.3) is 0 Å². The third kappa shape index (κ3) is 1.94. The standard InChI is InChI=1S/C11H8FNOS/c1-7-13-10(6-14)11(15-7)8-3-2-4-9(12)5-8/h2-6H,1H3. The summed E-state index contributed by atoms with van der Waals surface area (Å²) in [4.78, 5) is 15.5. The number of carbonyl (C=O) groups is 1. The van der Waals surface area contributed by atoms with Crippen LogP contribution in [0.15, 0.2) is 24.3 Å². The van der Waals surface area contributed by atoms with E-state index in [9.17, 15) is 9.18 Å². The number of aromatic nitrogens is 1. The van der Waals surface area contributed by atoms with Gasteiger partial charge in [-0.05, 0) is 24.6 Å². The number of carbonyl (C=O) groups excluding carboxylic acids is 1. The van der Waals surface area contributed by atoms with Gasteiger partial charge in [-0.15, -0.1) is 11.3 Å². The largest absolute Gasteiger partial charge is 0.296 e. The molecule has 15 heavy (non-hydrogen) atoms. The Kier molecular flexibility index (Phi) is 2.60. The minimum Gasteiger partial charge on any atom is -0.296 e. The van der Waals surface area contributed by atoms with Crippen molar-refractivity contribution in [2.75, 3.05) is 0 Å². The van der Waals surface area contributed by atoms with E-state index in [2.05, 4.69) is 4.98 Å². The van der Waals surface area contributed by atoms with E-state index < -0.39 is 0 Å². The maximum atomic E-state index is 13.0. The van der Waals surface area contributed by atoms with Gasteiger partial charge in [0, 0.05) is 0 Å². The highest BCUT2D eigenvalue weighted by Gasteiger charge is 2.10. The first-order valence-corrected chi connectivity index (χ1v) is 5.21. The molecule has 4 heteroatoms. The summed E-state index contributed by atoms with van der Waals surface area (Å²) in [5.74, 6) is -0.310. The van der Waals surface area contributed by atoms with Gasteiger partial charge in [0.1, 0.15) is 11.5 Å². The molecule has 0 spiro atoms. The topological polar surface area (TPSA) is 30.0 Å². The lowest BCUT2D eigenvalue weighted by Gasteiger charge is -1.97. The molecule has 76 valence electrons. The van der Waals surface area contributed by atoms with Gasteiger partial charge in [0.05, 0.1) is 9.88 Å². The fraction of sp³-hybridized carbons (Fsp3) is 0.0909. The molecule has 0 atom stereocenters. The first kappa shape index (κ1) is 9.98. The SMILES string of the molecule is Cc1nc(C=O)c(-c2cccc(F)c2)s1. The van der Waals surface area contributed by atoms with Crippen LogP contribution in [-0.2, 0) is 0 Å². The Morgan fingerprint density at radius 3 is 2.93 bits per heavy atom. The summed E-state index contributed by atoms with van der Waals surface area (Å²) in [5.41, 5.74) is 1.07. The Morgan fingerprint density at radius 2 is 2.27 bits per heavy atom. The molecule has 0 N–H and O–H groups in total. The molecule has 0 radical (unpaired) electrons. The van der Waals surface area contributed by atoms with Crippen LogP contribution in [0.3, 0.4) is 0 Å². The summed E-state index contributed by atoms with van der Waals surface area (Å²) in [6, 6.07) is 6.16. The quantitative estimate of drug-likeness (QED) is 0.729. The molecule has 1 aromatic carbocycles. The van der Waals surface area contributed by atoms with E-state index in [0.29, 0.717) is 17.5 Å². The summed E-state index contributed by atoms with van der Waals surface area (Å²) in [5, 5.41) is 0.802. The van der Waals surface area contributed by atoms with E-state index >= 15 is 0 Å². The second-order valence-corrected chi connectivity index (χ2v) is 4.28. The van der Waals surface area contributed by atoms with Crippen LogP contribution in [0.1, 0.15) is 15.5 Å². The smallest absolute Gasteiger partial charge is 0.169 e. The number of aryl methyl sites for hydroxylation is 1. The molecule has 0 saturated carbocycles. The van der Waals surface area contributed by atoms with Gasteiger partial charge >= 0.3 is 0 Å². The monoisotopic (exact) mass is 221 g/mol. The maximum Gasteiger partial charge on any atom is 0.169 e. The highest BCUT2D eigenvalue weighted by atomic mass is 32.1. The molecule has 2 rings (SSSR count). The van der Waals surface area contributed by atoms with Crippen molar-refractivity contribution in [3.05, 3.63) is 40.8 Å². The number of hydrogen-bond acceptors (Lipinski definition) is 3. The normalized spacial score (nSPS) is 10.3. The van der Waals surface area contributed by atoms with Crippen LogP contribution in [-0.4, -0.2) is 11.3 Å². The molecule has 0 unspecified atom stereocenters. The Labute approximate surface area is 90.4 Å². The number of hydrogen-bond donors (Lipinski definition) is 0. The van der Waals surface area contributed by atoms with Crippen LogP contribution in [0, 0.1) is 12.7 Å². The van der Waals surface area contributed by atoms with Crippen LogP contribution in [0.5, 0.6) is 0 Å². The Hall–Kier alpha value is -1.55. The molecular formula is C11H8FNOS. The Bertz CT molecular complexity index is 507. The van der Waals surface area contributed by atoms with Gasteiger partial charge < -0.3 is 0 Å². The van der Waals surface area contributed by atoms with Crippen LogP contribution in [0.2, 0.25) is 0 Å². The van der Waals surface area contributed by atoms with Crippen molar-refractivity contribution in [1.29, 1.82) is 0 Å². The zero-order valence-electron chi connectivity index (χ0n) is 8.03. The lowest BCUT2D eigenvalue weighted by molar-refractivity contribution is 0.112. The van der Waals surface area contributed by atoms with Crippen molar-refractivity contribution in [1.82, 2.24) is 4.98 Å². The van der Waals surface area contributed by atoms with E-state index in [0.717, 1.165) is 9.88 Å². The highest BCUT2D eigenvalue weighted by Crippen LogP contribution is 2.29. The average Bonchev–Trinajstić information content (AvgIpc) is 2.59. The molecule has 0 fully saturated rings. The molecule has 2 nitrogen and oxygen atoms in total. The fourth-order valence-electron chi connectivity index (χ4n) is 1.36. The Morgan fingerprint density at radius 1 is 1.47 bits per heavy atom. The van der Waals surface area contributed by atoms with Crippen molar-refractivity contribution in [2.45, 2.75) is 6.92 Å². The first-order valence-electron chi connectivity index (χ1n) is 4.39. The number of thiazole rings is 1. The second-order valence-electron chi connectivity index (χ2n) is 3.08. The zero-order chi connectivity index (χ0) is 10.8. The van der Waals surface area contributed by atoms with Gasteiger partial charge in [0.15, 0.2) is 6.29 Å². The third-order valence-electron chi connectivity index (χ3n) is 1.96. The van der Waals surface area contributed by atoms with E-state index in [-0.39, 0.29) is 5.82 Å². The molecule has 0 saturated heterocycles. The molecule has 2 aromatic rings. The van der Waals surface area contributed by atoms with Crippen LogP contribution >= 0.6 is 11.3 Å². The number of halogens is 1. The molecule has 1 aromatic heterocycles. The average molecular weight is 221 g/mol. The number of nitrogens with zero attached hydrogens (tertiary/aromatic N) is 1. The van der Waals surface area contributed by atoms with Crippen LogP contribution < -0.4 is 0 Å². The van der Waals surface area contributed by atoms with Gasteiger partial charge in [-0.25, -0.2) is 9.37 Å². The predicted octanol–water partition coefficient (Wildman–Crippen LogP) is 3.07. The van der Waals surface area contributed by atoms with Gasteiger partial charge in [-0.1, -0.05) is 12.1 Å². The second kappa shape index (κ2) is 3.90. The van der Waals surface area contributed by atoms with Gasteiger partial charge in [-0.2, -0.15) is 0 Å². The minimum atomic E-state index is -0.310. The number of rotatable bonds is 2. The predicted molar refractivity (Wildman–Crippen MR) is 57.6 cm³/mol. The lowest BCUT2D eigenvalue weighted by atomic mass is 10.1. The van der Waals surface area contributed by atoms with Gasteiger partial charge in [-0.3, -0.25) is 4.79 Å². The fourth-order valence-corrected chi connectivity index (χ4v) is 2.24. The summed E-state index contributed by atoms with van der Waals surface area (Å²) in [7, 11) is 0. The molecule has 0 bridgehead atoms. The van der Waals surface area contributed by atoms with Crippen molar-refractivity contribution in [3.8, 4) is 10.4 Å². The van der Waals surface area contributed by atoms with Gasteiger partial charge in [0.2, 0.25) is 0 Å². The summed E-state index contributed by atoms with van der Waals surface area (Å²) >= 11 is 1.39. The van der Waals surface area contributed by atoms with E-state index in [4.69, 9.17) is 0 Å². The Balaban J connectivity index is 2.57. The molecular weight excluding hydrogens is 213 g/mol. The van der Waals surface area contributed by atoms with Crippen molar-refractivity contribution < 1.29 is 9.18 Å². The minimum absolute atomic E-state index is 0.310. The zero-order valence-corrected chi connectivity index (χ0v) is 8.84. The highest BCUT2D eigenvalue weighted by molar-refractivity contribution is 7.15. The molecule has 0 aliphatic heterocycles. The van der Waals surface area contributed by atoms with Crippen molar-refractivity contribution >= 4 is 17.6 Å². The number of aldehydes is 1. The molecule has 0 aliphatic carbocycles. The maximum absolute atomic E-state index is 13.0.